The molecule has 0 bridgehead atoms. The number of benzene rings is 3. The number of ether oxygens (including phenoxy) is 1. The summed E-state index contributed by atoms with van der Waals surface area (Å²) in [5.41, 5.74) is -0.699. The van der Waals surface area contributed by atoms with Crippen LogP contribution in [-0.4, -0.2) is 65.2 Å². The summed E-state index contributed by atoms with van der Waals surface area (Å²) in [7, 11) is -2.14. The average molecular weight is 767 g/mol. The lowest BCUT2D eigenvalue weighted by atomic mass is 9.74. The molecule has 2 aliphatic rings. The molecule has 1 spiro atoms. The largest absolute Gasteiger partial charge is 0.416 e. The Kier molecular flexibility index (Phi) is 11.4. The van der Waals surface area contributed by atoms with E-state index in [4.69, 9.17) is 32.8 Å². The standard InChI is InChI=1S/C34H35Cl2F6N3O4S/c1-48-43-30(20-49-19-22-15-24(33(37,38)39)18-25(16-22)34(40,41)42)26(23-7-8-28(35)29(36)17-23)9-12-44-13-10-32(11-14-44)21-45(50(2,46)47)31-6-4-3-5-27(31)32/h3-8,15-18,26H,9-14,19-21H2,1-2H3/b43-30-. The zero-order chi connectivity index (χ0) is 36.5. The molecule has 272 valence electrons. The molecule has 1 atom stereocenters. The Bertz CT molecular complexity index is 1800. The van der Waals surface area contributed by atoms with Crippen molar-refractivity contribution in [1.29, 1.82) is 0 Å². The van der Waals surface area contributed by atoms with Gasteiger partial charge in [-0.3, -0.25) is 4.31 Å². The van der Waals surface area contributed by atoms with Crippen molar-refractivity contribution in [2.75, 3.05) is 50.5 Å². The van der Waals surface area contributed by atoms with Crippen LogP contribution in [0.1, 0.15) is 53.0 Å². The fourth-order valence-electron chi connectivity index (χ4n) is 6.76. The molecule has 2 heterocycles. The van der Waals surface area contributed by atoms with Gasteiger partial charge in [0.05, 0.1) is 52.0 Å². The molecule has 0 amide bonds. The lowest BCUT2D eigenvalue weighted by molar-refractivity contribution is -0.143. The average Bonchev–Trinajstić information content (AvgIpc) is 3.37. The second kappa shape index (κ2) is 14.9. The Labute approximate surface area is 296 Å². The third kappa shape index (κ3) is 8.70. The number of nitrogens with zero attached hydrogens (tertiary/aromatic N) is 3. The van der Waals surface area contributed by atoms with Crippen LogP contribution in [0.25, 0.3) is 0 Å². The van der Waals surface area contributed by atoms with E-state index in [1.807, 2.05) is 24.3 Å². The number of likely N-dealkylation sites (tertiary alicyclic amines) is 1. The first-order valence-corrected chi connectivity index (χ1v) is 18.2. The van der Waals surface area contributed by atoms with Gasteiger partial charge in [-0.2, -0.15) is 26.3 Å². The van der Waals surface area contributed by atoms with Crippen molar-refractivity contribution in [1.82, 2.24) is 4.90 Å². The second-order valence-electron chi connectivity index (χ2n) is 12.6. The van der Waals surface area contributed by atoms with E-state index in [1.54, 1.807) is 18.2 Å². The first-order chi connectivity index (χ1) is 23.4. The molecular formula is C34H35Cl2F6N3O4S. The van der Waals surface area contributed by atoms with Crippen LogP contribution >= 0.6 is 23.2 Å². The molecule has 3 aromatic rings. The predicted molar refractivity (Wildman–Crippen MR) is 180 cm³/mol. The van der Waals surface area contributed by atoms with Gasteiger partial charge < -0.3 is 14.5 Å². The lowest BCUT2D eigenvalue weighted by Gasteiger charge is -2.40. The highest BCUT2D eigenvalue weighted by atomic mass is 35.5. The van der Waals surface area contributed by atoms with Gasteiger partial charge in [-0.25, -0.2) is 8.42 Å². The number of rotatable bonds is 11. The zero-order valence-electron chi connectivity index (χ0n) is 27.1. The van der Waals surface area contributed by atoms with Gasteiger partial charge in [0.1, 0.15) is 7.11 Å². The molecule has 0 aromatic heterocycles. The van der Waals surface area contributed by atoms with Crippen molar-refractivity contribution in [2.45, 2.75) is 49.6 Å². The van der Waals surface area contributed by atoms with Crippen LogP contribution in [-0.2, 0) is 44.0 Å². The number of hydrogen-bond donors (Lipinski definition) is 0. The summed E-state index contributed by atoms with van der Waals surface area (Å²) < 4.78 is 113. The van der Waals surface area contributed by atoms with E-state index in [0.29, 0.717) is 66.7 Å². The van der Waals surface area contributed by atoms with E-state index in [2.05, 4.69) is 10.1 Å². The van der Waals surface area contributed by atoms with Crippen LogP contribution < -0.4 is 4.31 Å². The van der Waals surface area contributed by atoms with E-state index < -0.39 is 46.0 Å². The molecule has 1 fully saturated rings. The highest BCUT2D eigenvalue weighted by Gasteiger charge is 2.47. The molecule has 0 N–H and O–H groups in total. The van der Waals surface area contributed by atoms with Crippen molar-refractivity contribution in [3.63, 3.8) is 0 Å². The summed E-state index contributed by atoms with van der Waals surface area (Å²) in [6.45, 7) is 1.50. The van der Waals surface area contributed by atoms with Crippen molar-refractivity contribution >= 4 is 44.6 Å². The lowest BCUT2D eigenvalue weighted by Crippen LogP contribution is -2.46. The topological polar surface area (TPSA) is 71.4 Å². The smallest absolute Gasteiger partial charge is 0.399 e. The van der Waals surface area contributed by atoms with E-state index in [9.17, 15) is 34.8 Å². The van der Waals surface area contributed by atoms with Crippen molar-refractivity contribution < 1.29 is 44.3 Å². The van der Waals surface area contributed by atoms with Gasteiger partial charge in [0.15, 0.2) is 0 Å². The second-order valence-corrected chi connectivity index (χ2v) is 15.3. The Morgan fingerprint density at radius 3 is 2.16 bits per heavy atom. The van der Waals surface area contributed by atoms with Gasteiger partial charge in [-0.15, -0.1) is 0 Å². The van der Waals surface area contributed by atoms with Crippen LogP contribution in [0.5, 0.6) is 0 Å². The van der Waals surface area contributed by atoms with Crippen molar-refractivity contribution in [3.8, 4) is 0 Å². The molecule has 1 unspecified atom stereocenters. The molecular weight excluding hydrogens is 731 g/mol. The fourth-order valence-corrected chi connectivity index (χ4v) is 8.07. The molecule has 16 heteroatoms. The van der Waals surface area contributed by atoms with Crippen LogP contribution in [0.4, 0.5) is 32.0 Å². The highest BCUT2D eigenvalue weighted by Crippen LogP contribution is 2.48. The monoisotopic (exact) mass is 765 g/mol. The molecule has 0 saturated carbocycles. The third-order valence-electron chi connectivity index (χ3n) is 9.26. The number of oxime groups is 1. The number of anilines is 1. The number of hydrogen-bond acceptors (Lipinski definition) is 6. The molecule has 50 heavy (non-hydrogen) atoms. The minimum atomic E-state index is -4.99. The third-order valence-corrected chi connectivity index (χ3v) is 11.1. The first-order valence-electron chi connectivity index (χ1n) is 15.6. The highest BCUT2D eigenvalue weighted by molar-refractivity contribution is 7.92. The quantitative estimate of drug-likeness (QED) is 0.111. The summed E-state index contributed by atoms with van der Waals surface area (Å²) in [5.74, 6) is -0.471. The Morgan fingerprint density at radius 2 is 1.58 bits per heavy atom. The van der Waals surface area contributed by atoms with Gasteiger partial charge in [-0.1, -0.05) is 52.6 Å². The van der Waals surface area contributed by atoms with Crippen molar-refractivity contribution in [3.05, 3.63) is 98.5 Å². The summed E-state index contributed by atoms with van der Waals surface area (Å²) in [4.78, 5) is 7.36. The van der Waals surface area contributed by atoms with Gasteiger partial charge in [0, 0.05) is 17.9 Å². The fraction of sp³-hybridized carbons (Fsp3) is 0.441. The first kappa shape index (κ1) is 38.2. The number of fused-ring (bicyclic) bond motifs is 2. The minimum absolute atomic E-state index is 0.0667. The van der Waals surface area contributed by atoms with E-state index >= 15 is 0 Å². The molecule has 2 aliphatic heterocycles. The molecule has 5 rings (SSSR count). The summed E-state index contributed by atoms with van der Waals surface area (Å²) >= 11 is 12.5. The number of sulfonamides is 1. The van der Waals surface area contributed by atoms with Crippen LogP contribution in [0, 0.1) is 0 Å². The van der Waals surface area contributed by atoms with E-state index in [1.165, 1.54) is 17.7 Å². The summed E-state index contributed by atoms with van der Waals surface area (Å²) in [6.07, 6.45) is -6.83. The minimum Gasteiger partial charge on any atom is -0.399 e. The number of piperidine rings is 1. The zero-order valence-corrected chi connectivity index (χ0v) is 29.4. The molecule has 1 saturated heterocycles. The maximum absolute atomic E-state index is 13.4. The van der Waals surface area contributed by atoms with Crippen LogP contribution in [0.15, 0.2) is 65.8 Å². The number of halogens is 8. The Hall–Kier alpha value is -3.04. The van der Waals surface area contributed by atoms with Gasteiger partial charge in [0.2, 0.25) is 10.0 Å². The normalized spacial score (nSPS) is 17.6. The molecule has 7 nitrogen and oxygen atoms in total. The molecule has 0 aliphatic carbocycles. The molecule has 3 aromatic carbocycles. The van der Waals surface area contributed by atoms with Crippen LogP contribution in [0.2, 0.25) is 10.0 Å². The van der Waals surface area contributed by atoms with Gasteiger partial charge in [-0.05, 0) is 92.0 Å². The SMILES string of the molecule is CO/N=C(/COCc1cc(C(F)(F)F)cc(C(F)(F)F)c1)C(CCN1CCC2(CC1)CN(S(C)(=O)=O)c1ccccc12)c1ccc(Cl)c(Cl)c1. The Balaban J connectivity index is 1.32. The van der Waals surface area contributed by atoms with E-state index in [0.717, 1.165) is 18.4 Å². The maximum Gasteiger partial charge on any atom is 0.416 e. The van der Waals surface area contributed by atoms with Gasteiger partial charge in [0.25, 0.3) is 0 Å². The number of para-hydroxylation sites is 1. The van der Waals surface area contributed by atoms with Gasteiger partial charge >= 0.3 is 12.4 Å². The van der Waals surface area contributed by atoms with E-state index in [-0.39, 0.29) is 28.7 Å². The van der Waals surface area contributed by atoms with Crippen LogP contribution in [0.3, 0.4) is 0 Å². The summed E-state index contributed by atoms with van der Waals surface area (Å²) in [5, 5.41) is 4.75. The summed E-state index contributed by atoms with van der Waals surface area (Å²) in [6, 6.07) is 13.9. The maximum atomic E-state index is 13.4. The predicted octanol–water partition coefficient (Wildman–Crippen LogP) is 8.54. The Morgan fingerprint density at radius 1 is 0.940 bits per heavy atom. The number of alkyl halides is 6. The van der Waals surface area contributed by atoms with Crippen molar-refractivity contribution in [2.24, 2.45) is 5.16 Å². The molecule has 0 radical (unpaired) electrons.